The maximum Gasteiger partial charge on any atom is 0.251 e. The standard InChI is InChI=1S/C32H35ClN6O2/c1-39(2)16-6-11-30(40)36-23-14-12-22(13-15-23)32(41)37-24-8-5-7-21(17-24)18-29-35-20-27(33)31(38-29)26-19-34-28-10-4-3-9-25(26)28/h3-4,6,9-15,19-21,24,34H,5,7-8,16-18H2,1-2H3,(H,36,40)(H,37,41)/b11-6+. The average Bonchev–Trinajstić information content (AvgIpc) is 3.38. The van der Waals surface area contributed by atoms with Gasteiger partial charge in [0, 0.05) is 65.2 Å². The number of hydrogen-bond acceptors (Lipinski definition) is 5. The third-order valence-electron chi connectivity index (χ3n) is 7.38. The molecule has 0 radical (unpaired) electrons. The van der Waals surface area contributed by atoms with Crippen LogP contribution in [0.5, 0.6) is 0 Å². The molecular formula is C32H35ClN6O2. The van der Waals surface area contributed by atoms with E-state index in [1.807, 2.05) is 43.4 Å². The summed E-state index contributed by atoms with van der Waals surface area (Å²) in [6.07, 6.45) is 11.6. The zero-order valence-corrected chi connectivity index (χ0v) is 24.1. The van der Waals surface area contributed by atoms with Crippen LogP contribution in [0.4, 0.5) is 5.69 Å². The van der Waals surface area contributed by atoms with Gasteiger partial charge in [-0.25, -0.2) is 9.97 Å². The summed E-state index contributed by atoms with van der Waals surface area (Å²) < 4.78 is 0. The summed E-state index contributed by atoms with van der Waals surface area (Å²) >= 11 is 6.52. The highest BCUT2D eigenvalue weighted by atomic mass is 35.5. The highest BCUT2D eigenvalue weighted by Crippen LogP contribution is 2.33. The zero-order valence-electron chi connectivity index (χ0n) is 23.4. The smallest absolute Gasteiger partial charge is 0.251 e. The van der Waals surface area contributed by atoms with E-state index in [0.717, 1.165) is 60.1 Å². The van der Waals surface area contributed by atoms with Gasteiger partial charge in [0.1, 0.15) is 5.82 Å². The Bertz CT molecular complexity index is 1550. The number of anilines is 1. The molecule has 1 aliphatic carbocycles. The fourth-order valence-corrected chi connectivity index (χ4v) is 5.55. The maximum absolute atomic E-state index is 13.0. The van der Waals surface area contributed by atoms with Gasteiger partial charge in [0.15, 0.2) is 0 Å². The van der Waals surface area contributed by atoms with Gasteiger partial charge in [0.25, 0.3) is 5.91 Å². The van der Waals surface area contributed by atoms with Crippen LogP contribution in [0, 0.1) is 5.92 Å². The van der Waals surface area contributed by atoms with Crippen molar-refractivity contribution >= 4 is 40.0 Å². The molecule has 3 N–H and O–H groups in total. The lowest BCUT2D eigenvalue weighted by Crippen LogP contribution is -2.38. The van der Waals surface area contributed by atoms with Crippen LogP contribution < -0.4 is 10.6 Å². The Morgan fingerprint density at radius 1 is 1.12 bits per heavy atom. The second kappa shape index (κ2) is 13.1. The molecule has 1 fully saturated rings. The van der Waals surface area contributed by atoms with Crippen LogP contribution in [0.3, 0.4) is 0 Å². The summed E-state index contributed by atoms with van der Waals surface area (Å²) in [6, 6.07) is 15.2. The number of aromatic amines is 1. The van der Waals surface area contributed by atoms with Gasteiger partial charge in [0.2, 0.25) is 5.91 Å². The van der Waals surface area contributed by atoms with E-state index >= 15 is 0 Å². The summed E-state index contributed by atoms with van der Waals surface area (Å²) in [5.74, 6) is 0.823. The molecule has 41 heavy (non-hydrogen) atoms. The van der Waals surface area contributed by atoms with Crippen LogP contribution in [0.2, 0.25) is 5.02 Å². The molecule has 4 aromatic rings. The van der Waals surface area contributed by atoms with Crippen LogP contribution in [0.15, 0.2) is 73.1 Å². The third kappa shape index (κ3) is 7.39. The number of fused-ring (bicyclic) bond motifs is 1. The summed E-state index contributed by atoms with van der Waals surface area (Å²) in [4.78, 5) is 39.7. The number of halogens is 1. The van der Waals surface area contributed by atoms with Crippen LogP contribution in [0.25, 0.3) is 22.2 Å². The first-order chi connectivity index (χ1) is 19.9. The number of para-hydroxylation sites is 1. The minimum absolute atomic E-state index is 0.0860. The van der Waals surface area contributed by atoms with Crippen molar-refractivity contribution in [2.24, 2.45) is 5.92 Å². The predicted molar refractivity (Wildman–Crippen MR) is 164 cm³/mol. The monoisotopic (exact) mass is 570 g/mol. The Morgan fingerprint density at radius 3 is 2.73 bits per heavy atom. The van der Waals surface area contributed by atoms with Crippen LogP contribution >= 0.6 is 11.6 Å². The molecule has 1 aliphatic rings. The summed E-state index contributed by atoms with van der Waals surface area (Å²) in [6.45, 7) is 0.688. The van der Waals surface area contributed by atoms with Gasteiger partial charge in [0.05, 0.1) is 10.7 Å². The van der Waals surface area contributed by atoms with Gasteiger partial charge in [-0.2, -0.15) is 0 Å². The number of amides is 2. The number of nitrogens with zero attached hydrogens (tertiary/aromatic N) is 3. The van der Waals surface area contributed by atoms with E-state index in [0.29, 0.717) is 28.7 Å². The molecular weight excluding hydrogens is 536 g/mol. The van der Waals surface area contributed by atoms with Crippen molar-refractivity contribution in [3.05, 3.63) is 89.5 Å². The topological polar surface area (TPSA) is 103 Å². The number of likely N-dealkylation sites (N-methyl/N-ethyl adjacent to an activating group) is 1. The molecule has 1 saturated carbocycles. The van der Waals surface area contributed by atoms with E-state index in [-0.39, 0.29) is 17.9 Å². The average molecular weight is 571 g/mol. The number of benzene rings is 2. The first-order valence-electron chi connectivity index (χ1n) is 14.0. The molecule has 0 bridgehead atoms. The molecule has 0 spiro atoms. The molecule has 9 heteroatoms. The maximum atomic E-state index is 13.0. The molecule has 212 valence electrons. The highest BCUT2D eigenvalue weighted by Gasteiger charge is 2.25. The van der Waals surface area contributed by atoms with Crippen molar-refractivity contribution in [3.63, 3.8) is 0 Å². The van der Waals surface area contributed by atoms with Crippen molar-refractivity contribution < 1.29 is 9.59 Å². The number of hydrogen-bond donors (Lipinski definition) is 3. The van der Waals surface area contributed by atoms with E-state index in [4.69, 9.17) is 16.6 Å². The first kappa shape index (κ1) is 28.5. The van der Waals surface area contributed by atoms with Crippen molar-refractivity contribution in [2.45, 2.75) is 38.1 Å². The van der Waals surface area contributed by atoms with Crippen molar-refractivity contribution in [2.75, 3.05) is 26.0 Å². The molecule has 2 aromatic carbocycles. The van der Waals surface area contributed by atoms with Gasteiger partial charge in [-0.05, 0) is 69.6 Å². The Balaban J connectivity index is 1.17. The van der Waals surface area contributed by atoms with Crippen LogP contribution in [-0.4, -0.2) is 58.3 Å². The van der Waals surface area contributed by atoms with E-state index in [1.54, 1.807) is 36.5 Å². The van der Waals surface area contributed by atoms with Crippen LogP contribution in [-0.2, 0) is 11.2 Å². The van der Waals surface area contributed by atoms with Crippen molar-refractivity contribution in [3.8, 4) is 11.3 Å². The molecule has 5 rings (SSSR count). The number of H-pyrrole nitrogens is 1. The molecule has 0 aliphatic heterocycles. The SMILES string of the molecule is CN(C)C/C=C/C(=O)Nc1ccc(C(=O)NC2CCCC(Cc3ncc(Cl)c(-c4c[nH]c5ccccc45)n3)C2)cc1. The quantitative estimate of drug-likeness (QED) is 0.219. The number of rotatable bonds is 9. The molecule has 2 atom stereocenters. The van der Waals surface area contributed by atoms with E-state index in [9.17, 15) is 9.59 Å². The second-order valence-corrected chi connectivity index (χ2v) is 11.3. The normalized spacial score (nSPS) is 17.3. The lowest BCUT2D eigenvalue weighted by Gasteiger charge is -2.29. The largest absolute Gasteiger partial charge is 0.360 e. The first-order valence-corrected chi connectivity index (χ1v) is 14.3. The van der Waals surface area contributed by atoms with Gasteiger partial charge < -0.3 is 20.5 Å². The Kier molecular flexibility index (Phi) is 9.11. The minimum atomic E-state index is -0.199. The zero-order chi connectivity index (χ0) is 28.8. The van der Waals surface area contributed by atoms with Gasteiger partial charge in [-0.15, -0.1) is 0 Å². The lowest BCUT2D eigenvalue weighted by atomic mass is 9.83. The molecule has 2 amide bonds. The number of carbonyl (C=O) groups excluding carboxylic acids is 2. The van der Waals surface area contributed by atoms with Gasteiger partial charge in [-0.1, -0.05) is 42.3 Å². The predicted octanol–water partition coefficient (Wildman–Crippen LogP) is 5.87. The summed E-state index contributed by atoms with van der Waals surface area (Å²) in [5, 5.41) is 7.63. The van der Waals surface area contributed by atoms with Crippen molar-refractivity contribution in [1.29, 1.82) is 0 Å². The summed E-state index contributed by atoms with van der Waals surface area (Å²) in [5.41, 5.74) is 3.96. The minimum Gasteiger partial charge on any atom is -0.360 e. The Hall–Kier alpha value is -4.01. The number of aromatic nitrogens is 3. The Morgan fingerprint density at radius 2 is 1.93 bits per heavy atom. The third-order valence-corrected chi connectivity index (χ3v) is 7.66. The molecule has 0 saturated heterocycles. The second-order valence-electron chi connectivity index (χ2n) is 10.9. The number of nitrogens with one attached hydrogen (secondary N) is 3. The van der Waals surface area contributed by atoms with Gasteiger partial charge in [-0.3, -0.25) is 9.59 Å². The van der Waals surface area contributed by atoms with Gasteiger partial charge >= 0.3 is 0 Å². The molecule has 2 unspecified atom stereocenters. The van der Waals surface area contributed by atoms with Crippen molar-refractivity contribution in [1.82, 2.24) is 25.2 Å². The van der Waals surface area contributed by atoms with E-state index in [1.165, 1.54) is 6.08 Å². The van der Waals surface area contributed by atoms with E-state index in [2.05, 4.69) is 26.7 Å². The molecule has 2 heterocycles. The molecule has 8 nitrogen and oxygen atoms in total. The lowest BCUT2D eigenvalue weighted by molar-refractivity contribution is -0.111. The summed E-state index contributed by atoms with van der Waals surface area (Å²) in [7, 11) is 3.88. The number of carbonyl (C=O) groups is 2. The van der Waals surface area contributed by atoms with E-state index < -0.39 is 0 Å². The highest BCUT2D eigenvalue weighted by molar-refractivity contribution is 6.33. The fraction of sp³-hybridized carbons (Fsp3) is 0.312. The Labute approximate surface area is 245 Å². The molecule has 2 aromatic heterocycles. The fourth-order valence-electron chi connectivity index (χ4n) is 5.35. The van der Waals surface area contributed by atoms with Crippen LogP contribution in [0.1, 0.15) is 41.9 Å².